The molecule has 6 heteroatoms. The molecular weight excluding hydrogens is 793 g/mol. The van der Waals surface area contributed by atoms with Gasteiger partial charge in [0.25, 0.3) is 0 Å². The van der Waals surface area contributed by atoms with Gasteiger partial charge in [-0.25, -0.2) is 4.44 Å². The highest BCUT2D eigenvalue weighted by atomic mass is 32.5. The van der Waals surface area contributed by atoms with Gasteiger partial charge in [0.2, 0.25) is 0 Å². The number of allylic oxidation sites excluding steroid dienone is 1. The van der Waals surface area contributed by atoms with E-state index in [-0.39, 0.29) is 6.10 Å². The molecule has 8 atom stereocenters. The Labute approximate surface area is 368 Å². The van der Waals surface area contributed by atoms with Crippen molar-refractivity contribution in [3.05, 3.63) is 133 Å². The van der Waals surface area contributed by atoms with Crippen molar-refractivity contribution in [2.75, 3.05) is 13.2 Å². The van der Waals surface area contributed by atoms with Crippen LogP contribution in [0.3, 0.4) is 0 Å². The Morgan fingerprint density at radius 1 is 0.661 bits per heavy atom. The van der Waals surface area contributed by atoms with Crippen molar-refractivity contribution in [1.29, 1.82) is 0 Å². The molecular formula is C53H69NOP2S2. The van der Waals surface area contributed by atoms with Crippen LogP contribution >= 0.6 is 12.4 Å². The van der Waals surface area contributed by atoms with E-state index in [2.05, 4.69) is 166 Å². The standard InChI is InChI=1S/C53H69NOP2S2/c1-40(2)19-18-20-41(3)49-31-32-50-48-30-29-42-39-43(33-35-52(42,4)51(48)34-36-53(49,50)5)55-38-37-54(56(58,44-21-10-6-11-22-44)45-23-12-7-13-24-45)57(59,46-25-14-8-15-26-46)47-27-16-9-17-28-47/h6-17,21-29,40-41,43,48-51H,18-20,30-39H2,1-5H3/t41-,43+,48?,49-,50?,51?,52+,53-/m1/s1. The minimum Gasteiger partial charge on any atom is -0.377 e. The lowest BCUT2D eigenvalue weighted by Gasteiger charge is -2.58. The van der Waals surface area contributed by atoms with E-state index in [0.717, 1.165) is 48.3 Å². The molecule has 0 aromatic heterocycles. The molecule has 0 aliphatic heterocycles. The molecule has 0 heterocycles. The topological polar surface area (TPSA) is 12.5 Å². The summed E-state index contributed by atoms with van der Waals surface area (Å²) in [7, 11) is 0. The van der Waals surface area contributed by atoms with Gasteiger partial charge >= 0.3 is 0 Å². The summed E-state index contributed by atoms with van der Waals surface area (Å²) in [5, 5.41) is 4.71. The Bertz CT molecular complexity index is 1940. The first-order valence-corrected chi connectivity index (χ1v) is 28.5. The van der Waals surface area contributed by atoms with Gasteiger partial charge in [-0.15, -0.1) is 0 Å². The van der Waals surface area contributed by atoms with Crippen LogP contribution in [0.5, 0.6) is 0 Å². The lowest BCUT2D eigenvalue weighted by atomic mass is 9.47. The summed E-state index contributed by atoms with van der Waals surface area (Å²) in [6, 6.07) is 43.3. The Balaban J connectivity index is 1.04. The summed E-state index contributed by atoms with van der Waals surface area (Å²) in [5.74, 6) is 5.14. The van der Waals surface area contributed by atoms with Crippen LogP contribution in [-0.2, 0) is 28.4 Å². The summed E-state index contributed by atoms with van der Waals surface area (Å²) in [6.45, 7) is 14.0. The normalized spacial score (nSPS) is 28.7. The average molecular weight is 862 g/mol. The van der Waals surface area contributed by atoms with Crippen molar-refractivity contribution in [3.63, 3.8) is 0 Å². The molecule has 0 saturated heterocycles. The van der Waals surface area contributed by atoms with Gasteiger partial charge in [-0.2, -0.15) is 0 Å². The van der Waals surface area contributed by atoms with E-state index in [1.54, 1.807) is 5.57 Å². The third-order valence-electron chi connectivity index (χ3n) is 16.0. The third-order valence-corrected chi connectivity index (χ3v) is 27.7. The zero-order chi connectivity index (χ0) is 41.3. The predicted molar refractivity (Wildman–Crippen MR) is 262 cm³/mol. The number of hydrogen-bond acceptors (Lipinski definition) is 3. The molecule has 3 unspecified atom stereocenters. The second-order valence-electron chi connectivity index (χ2n) is 19.6. The lowest BCUT2D eigenvalue weighted by molar-refractivity contribution is -0.0638. The maximum atomic E-state index is 7.14. The maximum absolute atomic E-state index is 7.14. The first kappa shape index (κ1) is 43.5. The van der Waals surface area contributed by atoms with E-state index in [4.69, 9.17) is 28.4 Å². The summed E-state index contributed by atoms with van der Waals surface area (Å²) in [6.07, 6.45) is 12.4. The molecule has 0 bridgehead atoms. The van der Waals surface area contributed by atoms with E-state index >= 15 is 0 Å². The Morgan fingerprint density at radius 2 is 1.19 bits per heavy atom. The smallest absolute Gasteiger partial charge is 0.0755 e. The number of nitrogens with zero attached hydrogens (tertiary/aromatic N) is 1. The van der Waals surface area contributed by atoms with Crippen molar-refractivity contribution < 1.29 is 4.74 Å². The fraction of sp³-hybridized carbons (Fsp3) is 0.509. The fourth-order valence-electron chi connectivity index (χ4n) is 12.9. The molecule has 0 spiro atoms. The molecule has 4 aromatic rings. The molecule has 0 N–H and O–H groups in total. The van der Waals surface area contributed by atoms with Gasteiger partial charge in [-0.1, -0.05) is 210 Å². The number of ether oxygens (including phenoxy) is 1. The predicted octanol–water partition coefficient (Wildman–Crippen LogP) is 12.8. The van der Waals surface area contributed by atoms with E-state index in [1.165, 1.54) is 79.0 Å². The molecule has 59 heavy (non-hydrogen) atoms. The molecule has 0 amide bonds. The van der Waals surface area contributed by atoms with Gasteiger partial charge in [0.1, 0.15) is 0 Å². The zero-order valence-electron chi connectivity index (χ0n) is 36.4. The van der Waals surface area contributed by atoms with Crippen LogP contribution in [0.1, 0.15) is 105 Å². The van der Waals surface area contributed by atoms with Crippen LogP contribution < -0.4 is 21.2 Å². The van der Waals surface area contributed by atoms with Crippen molar-refractivity contribution in [2.45, 2.75) is 111 Å². The summed E-state index contributed by atoms with van der Waals surface area (Å²) >= 11 is 14.3. The fourth-order valence-corrected chi connectivity index (χ4v) is 24.6. The van der Waals surface area contributed by atoms with Crippen LogP contribution in [0.25, 0.3) is 0 Å². The first-order chi connectivity index (χ1) is 28.5. The largest absolute Gasteiger partial charge is 0.377 e. The minimum atomic E-state index is -2.62. The van der Waals surface area contributed by atoms with Crippen molar-refractivity contribution >= 4 is 57.2 Å². The number of benzene rings is 4. The molecule has 4 aliphatic carbocycles. The third kappa shape index (κ3) is 8.28. The summed E-state index contributed by atoms with van der Waals surface area (Å²) in [4.78, 5) is 0. The number of fused-ring (bicyclic) bond motifs is 5. The highest BCUT2D eigenvalue weighted by molar-refractivity contribution is 8.29. The molecule has 314 valence electrons. The monoisotopic (exact) mass is 861 g/mol. The van der Waals surface area contributed by atoms with Gasteiger partial charge in [0, 0.05) is 27.8 Å². The zero-order valence-corrected chi connectivity index (χ0v) is 39.8. The van der Waals surface area contributed by atoms with Crippen LogP contribution in [-0.4, -0.2) is 23.7 Å². The Kier molecular flexibility index (Phi) is 13.5. The van der Waals surface area contributed by atoms with Crippen LogP contribution in [0.4, 0.5) is 0 Å². The van der Waals surface area contributed by atoms with Crippen LogP contribution in [0, 0.1) is 46.3 Å². The van der Waals surface area contributed by atoms with Gasteiger partial charge in [0.05, 0.1) is 25.1 Å². The molecule has 4 aromatic carbocycles. The van der Waals surface area contributed by atoms with Crippen LogP contribution in [0.15, 0.2) is 133 Å². The molecule has 0 radical (unpaired) electrons. The Morgan fingerprint density at radius 3 is 1.69 bits per heavy atom. The highest BCUT2D eigenvalue weighted by Crippen LogP contribution is 2.68. The molecule has 3 fully saturated rings. The minimum absolute atomic E-state index is 0.224. The van der Waals surface area contributed by atoms with Crippen molar-refractivity contribution in [2.24, 2.45) is 46.3 Å². The summed E-state index contributed by atoms with van der Waals surface area (Å²) < 4.78 is 9.72. The lowest BCUT2D eigenvalue weighted by Crippen LogP contribution is -2.51. The summed E-state index contributed by atoms with van der Waals surface area (Å²) in [5.41, 5.74) is 2.53. The van der Waals surface area contributed by atoms with Crippen LogP contribution in [0.2, 0.25) is 0 Å². The highest BCUT2D eigenvalue weighted by Gasteiger charge is 2.59. The molecule has 2 nitrogen and oxygen atoms in total. The van der Waals surface area contributed by atoms with Crippen molar-refractivity contribution in [3.8, 4) is 0 Å². The first-order valence-electron chi connectivity index (χ1n) is 23.0. The maximum Gasteiger partial charge on any atom is 0.0755 e. The van der Waals surface area contributed by atoms with Gasteiger partial charge in [0.15, 0.2) is 0 Å². The SMILES string of the molecule is CC(C)CCC[C@@H](C)[C@H]1CCC2C3CC=C4C[C@@H](OCCN(P(=S)(c5ccccc5)c5ccccc5)P(=S)(c5ccccc5)c5ccccc5)CC[C@]4(C)C3CC[C@@]21C. The Hall–Kier alpha value is -2.16. The van der Waals surface area contributed by atoms with Gasteiger partial charge < -0.3 is 4.74 Å². The quantitative estimate of drug-likeness (QED) is 0.0872. The van der Waals surface area contributed by atoms with E-state index < -0.39 is 12.4 Å². The second kappa shape index (κ2) is 18.3. The molecule has 8 rings (SSSR count). The van der Waals surface area contributed by atoms with E-state index in [0.29, 0.717) is 24.0 Å². The van der Waals surface area contributed by atoms with E-state index in [9.17, 15) is 0 Å². The molecule has 3 saturated carbocycles. The number of hydrogen-bond donors (Lipinski definition) is 0. The average Bonchev–Trinajstić information content (AvgIpc) is 3.63. The number of rotatable bonds is 15. The second-order valence-corrected chi connectivity index (χ2v) is 28.4. The van der Waals surface area contributed by atoms with Gasteiger partial charge in [-0.05, 0) is 97.7 Å². The van der Waals surface area contributed by atoms with E-state index in [1.807, 2.05) is 0 Å². The molecule has 4 aliphatic rings. The van der Waals surface area contributed by atoms with Gasteiger partial charge in [-0.3, -0.25) is 0 Å². The van der Waals surface area contributed by atoms with Crippen molar-refractivity contribution in [1.82, 2.24) is 4.44 Å².